The topological polar surface area (TPSA) is 48.7 Å². The summed E-state index contributed by atoms with van der Waals surface area (Å²) >= 11 is 1.82. The highest BCUT2D eigenvalue weighted by Crippen LogP contribution is 2.22. The lowest BCUT2D eigenvalue weighted by atomic mass is 10.2. The molecule has 3 heterocycles. The number of aromatic nitrogens is 2. The lowest BCUT2D eigenvalue weighted by molar-refractivity contribution is 0.370. The van der Waals surface area contributed by atoms with E-state index in [4.69, 9.17) is 4.99 Å². The van der Waals surface area contributed by atoms with Gasteiger partial charge in [-0.1, -0.05) is 6.92 Å². The molecule has 0 aromatic carbocycles. The van der Waals surface area contributed by atoms with E-state index < -0.39 is 0 Å². The first-order valence-electron chi connectivity index (χ1n) is 9.05. The molecule has 0 saturated carbocycles. The number of nitrogens with one attached hydrogen (secondary N) is 1. The van der Waals surface area contributed by atoms with Crippen LogP contribution in [0.5, 0.6) is 0 Å². The summed E-state index contributed by atoms with van der Waals surface area (Å²) in [5.41, 5.74) is 0. The third-order valence-corrected chi connectivity index (χ3v) is 5.27. The molecule has 0 radical (unpaired) electrons. The maximum absolute atomic E-state index is 4.88. The number of aliphatic imine (C=N–C) groups is 1. The van der Waals surface area contributed by atoms with Crippen LogP contribution in [0.25, 0.3) is 0 Å². The molecule has 2 aromatic rings. The minimum Gasteiger partial charge on any atom is -0.360 e. The lowest BCUT2D eigenvalue weighted by Crippen LogP contribution is -2.52. The SMILES string of the molecule is CCNC(=NCC(C)Cn1cccn1)N1CCN(c2cccs2)CC1.I. The van der Waals surface area contributed by atoms with Crippen molar-refractivity contribution in [2.45, 2.75) is 20.4 Å². The predicted octanol–water partition coefficient (Wildman–Crippen LogP) is 2.99. The van der Waals surface area contributed by atoms with Gasteiger partial charge in [0.1, 0.15) is 0 Å². The molecular formula is C18H29IN6S. The molecule has 0 amide bonds. The summed E-state index contributed by atoms with van der Waals surface area (Å²) in [7, 11) is 0. The Balaban J connectivity index is 0.00000243. The Hall–Kier alpha value is -1.29. The average molecular weight is 488 g/mol. The Morgan fingerprint density at radius 2 is 2.12 bits per heavy atom. The molecule has 1 fully saturated rings. The zero-order chi connectivity index (χ0) is 17.5. The molecule has 0 spiro atoms. The number of nitrogens with zero attached hydrogens (tertiary/aromatic N) is 5. The highest BCUT2D eigenvalue weighted by Gasteiger charge is 2.20. The van der Waals surface area contributed by atoms with Crippen molar-refractivity contribution >= 4 is 46.3 Å². The van der Waals surface area contributed by atoms with Crippen LogP contribution in [0.3, 0.4) is 0 Å². The Bertz CT molecular complexity index is 635. The summed E-state index contributed by atoms with van der Waals surface area (Å²) in [6, 6.07) is 6.29. The quantitative estimate of drug-likeness (QED) is 0.386. The van der Waals surface area contributed by atoms with Gasteiger partial charge in [0, 0.05) is 58.2 Å². The van der Waals surface area contributed by atoms with Gasteiger partial charge in [0.15, 0.2) is 5.96 Å². The maximum Gasteiger partial charge on any atom is 0.194 e. The number of anilines is 1. The summed E-state index contributed by atoms with van der Waals surface area (Å²) < 4.78 is 1.98. The Morgan fingerprint density at radius 1 is 1.31 bits per heavy atom. The van der Waals surface area contributed by atoms with Gasteiger partial charge in [-0.25, -0.2) is 0 Å². The standard InChI is InChI=1S/C18H28N6S.HI/c1-3-19-18(20-14-16(2)15-24-8-5-7-21-24)23-11-9-22(10-12-23)17-6-4-13-25-17;/h4-8,13,16H,3,9-12,14-15H2,1-2H3,(H,19,20);1H. The highest BCUT2D eigenvalue weighted by atomic mass is 127. The van der Waals surface area contributed by atoms with E-state index in [1.807, 2.05) is 34.5 Å². The van der Waals surface area contributed by atoms with Crippen molar-refractivity contribution in [3.63, 3.8) is 0 Å². The molecule has 1 atom stereocenters. The van der Waals surface area contributed by atoms with E-state index in [1.54, 1.807) is 0 Å². The normalized spacial score (nSPS) is 16.3. The summed E-state index contributed by atoms with van der Waals surface area (Å²) in [6.45, 7) is 11.1. The molecule has 0 aliphatic carbocycles. The van der Waals surface area contributed by atoms with Gasteiger partial charge in [-0.05, 0) is 36.4 Å². The van der Waals surface area contributed by atoms with Crippen LogP contribution in [0.15, 0.2) is 41.0 Å². The van der Waals surface area contributed by atoms with Crippen molar-refractivity contribution in [3.05, 3.63) is 36.0 Å². The first-order valence-corrected chi connectivity index (χ1v) is 9.93. The molecule has 3 rings (SSSR count). The molecule has 1 aliphatic heterocycles. The number of halogens is 1. The van der Waals surface area contributed by atoms with E-state index >= 15 is 0 Å². The Labute approximate surface area is 177 Å². The van der Waals surface area contributed by atoms with Crippen LogP contribution >= 0.6 is 35.3 Å². The Kier molecular flexibility index (Phi) is 8.70. The molecule has 1 saturated heterocycles. The number of guanidine groups is 1. The minimum atomic E-state index is 0. The van der Waals surface area contributed by atoms with Crippen molar-refractivity contribution in [1.29, 1.82) is 0 Å². The fraction of sp³-hybridized carbons (Fsp3) is 0.556. The predicted molar refractivity (Wildman–Crippen MR) is 121 cm³/mol. The maximum atomic E-state index is 4.88. The second-order valence-electron chi connectivity index (χ2n) is 6.45. The van der Waals surface area contributed by atoms with Gasteiger partial charge in [-0.15, -0.1) is 35.3 Å². The molecule has 1 unspecified atom stereocenters. The van der Waals surface area contributed by atoms with Gasteiger partial charge in [-0.2, -0.15) is 5.10 Å². The minimum absolute atomic E-state index is 0. The second-order valence-corrected chi connectivity index (χ2v) is 7.38. The largest absolute Gasteiger partial charge is 0.360 e. The monoisotopic (exact) mass is 488 g/mol. The molecule has 1 aliphatic rings. The van der Waals surface area contributed by atoms with Crippen LogP contribution in [0, 0.1) is 5.92 Å². The van der Waals surface area contributed by atoms with Crippen LogP contribution in [0.1, 0.15) is 13.8 Å². The molecule has 0 bridgehead atoms. The third-order valence-electron chi connectivity index (χ3n) is 4.34. The summed E-state index contributed by atoms with van der Waals surface area (Å²) in [5, 5.41) is 11.3. The third kappa shape index (κ3) is 5.87. The summed E-state index contributed by atoms with van der Waals surface area (Å²) in [6.07, 6.45) is 3.84. The fourth-order valence-electron chi connectivity index (χ4n) is 3.04. The van der Waals surface area contributed by atoms with E-state index in [0.717, 1.165) is 51.8 Å². The molecule has 144 valence electrons. The van der Waals surface area contributed by atoms with Crippen molar-refractivity contribution in [2.24, 2.45) is 10.9 Å². The van der Waals surface area contributed by atoms with Gasteiger partial charge in [0.2, 0.25) is 0 Å². The first-order chi connectivity index (χ1) is 12.3. The van der Waals surface area contributed by atoms with E-state index in [2.05, 4.69) is 51.6 Å². The van der Waals surface area contributed by atoms with E-state index in [1.165, 1.54) is 5.00 Å². The zero-order valence-electron chi connectivity index (χ0n) is 15.5. The Morgan fingerprint density at radius 3 is 2.73 bits per heavy atom. The van der Waals surface area contributed by atoms with Crippen LogP contribution in [-0.4, -0.2) is 59.9 Å². The molecule has 2 aromatic heterocycles. The summed E-state index contributed by atoms with van der Waals surface area (Å²) in [4.78, 5) is 9.73. The smallest absolute Gasteiger partial charge is 0.194 e. The fourth-order valence-corrected chi connectivity index (χ4v) is 3.83. The van der Waals surface area contributed by atoms with E-state index in [9.17, 15) is 0 Å². The van der Waals surface area contributed by atoms with E-state index in [0.29, 0.717) is 5.92 Å². The van der Waals surface area contributed by atoms with Crippen LogP contribution in [-0.2, 0) is 6.54 Å². The van der Waals surface area contributed by atoms with Crippen molar-refractivity contribution in [3.8, 4) is 0 Å². The van der Waals surface area contributed by atoms with Crippen molar-refractivity contribution in [1.82, 2.24) is 20.0 Å². The van der Waals surface area contributed by atoms with Crippen LogP contribution in [0.2, 0.25) is 0 Å². The number of hydrogen-bond donors (Lipinski definition) is 1. The average Bonchev–Trinajstić information content (AvgIpc) is 3.32. The van der Waals surface area contributed by atoms with Gasteiger partial charge < -0.3 is 15.1 Å². The molecule has 26 heavy (non-hydrogen) atoms. The molecule has 6 nitrogen and oxygen atoms in total. The van der Waals surface area contributed by atoms with Crippen molar-refractivity contribution < 1.29 is 0 Å². The highest BCUT2D eigenvalue weighted by molar-refractivity contribution is 14.0. The van der Waals surface area contributed by atoms with Gasteiger partial charge >= 0.3 is 0 Å². The number of hydrogen-bond acceptors (Lipinski definition) is 4. The van der Waals surface area contributed by atoms with Gasteiger partial charge in [-0.3, -0.25) is 9.67 Å². The molecular weight excluding hydrogens is 459 g/mol. The molecule has 8 heteroatoms. The number of thiophene rings is 1. The van der Waals surface area contributed by atoms with Gasteiger partial charge in [0.05, 0.1) is 5.00 Å². The van der Waals surface area contributed by atoms with Crippen LogP contribution in [0.4, 0.5) is 5.00 Å². The zero-order valence-corrected chi connectivity index (χ0v) is 18.7. The second kappa shape index (κ2) is 10.8. The summed E-state index contributed by atoms with van der Waals surface area (Å²) in [5.74, 6) is 1.50. The number of rotatable bonds is 6. The lowest BCUT2D eigenvalue weighted by Gasteiger charge is -2.37. The van der Waals surface area contributed by atoms with Crippen LogP contribution < -0.4 is 10.2 Å². The van der Waals surface area contributed by atoms with Gasteiger partial charge in [0.25, 0.3) is 0 Å². The molecule has 1 N–H and O–H groups in total. The van der Waals surface area contributed by atoms with Crippen molar-refractivity contribution in [2.75, 3.05) is 44.2 Å². The first kappa shape index (κ1) is 21.0. The number of piperazine rings is 1. The van der Waals surface area contributed by atoms with E-state index in [-0.39, 0.29) is 24.0 Å².